The number of aryl methyl sites for hydroxylation is 1. The Balaban J connectivity index is 2.07. The maximum Gasteiger partial charge on any atom is 0.121 e. The third-order valence-electron chi connectivity index (χ3n) is 4.43. The van der Waals surface area contributed by atoms with Crippen LogP contribution in [0.2, 0.25) is 0 Å². The van der Waals surface area contributed by atoms with Gasteiger partial charge in [-0.1, -0.05) is 13.8 Å². The molecule has 1 aliphatic carbocycles. The summed E-state index contributed by atoms with van der Waals surface area (Å²) in [5.41, 5.74) is 4.67. The molecule has 1 heterocycles. The van der Waals surface area contributed by atoms with Crippen LogP contribution in [0.5, 0.6) is 5.75 Å². The lowest BCUT2D eigenvalue weighted by atomic mass is 9.75. The van der Waals surface area contributed by atoms with Crippen molar-refractivity contribution < 1.29 is 9.84 Å². The molecule has 21 heavy (non-hydrogen) atoms. The highest BCUT2D eigenvalue weighted by atomic mass is 16.5. The van der Waals surface area contributed by atoms with Crippen LogP contribution in [0.3, 0.4) is 0 Å². The predicted molar refractivity (Wildman–Crippen MR) is 84.1 cm³/mol. The van der Waals surface area contributed by atoms with Crippen molar-refractivity contribution in [2.45, 2.75) is 39.7 Å². The van der Waals surface area contributed by atoms with Gasteiger partial charge in [0.25, 0.3) is 0 Å². The third kappa shape index (κ3) is 2.46. The summed E-state index contributed by atoms with van der Waals surface area (Å²) in [5, 5.41) is 10.4. The SMILES string of the molecule is COc1ccc(-n2ccc3c2CC(C)(C)CC3O)cc1C. The first-order valence-electron chi connectivity index (χ1n) is 7.44. The van der Waals surface area contributed by atoms with E-state index in [1.807, 2.05) is 6.07 Å². The molecule has 0 fully saturated rings. The summed E-state index contributed by atoms with van der Waals surface area (Å²) in [6.45, 7) is 6.49. The molecule has 3 heteroatoms. The van der Waals surface area contributed by atoms with E-state index in [0.717, 1.165) is 35.4 Å². The zero-order valence-corrected chi connectivity index (χ0v) is 13.2. The number of fused-ring (bicyclic) bond motifs is 1. The Morgan fingerprint density at radius 2 is 2.05 bits per heavy atom. The monoisotopic (exact) mass is 285 g/mol. The average molecular weight is 285 g/mol. The molecule has 0 bridgehead atoms. The highest BCUT2D eigenvalue weighted by molar-refractivity contribution is 5.47. The number of rotatable bonds is 2. The minimum Gasteiger partial charge on any atom is -0.496 e. The highest BCUT2D eigenvalue weighted by Gasteiger charge is 2.33. The van der Waals surface area contributed by atoms with Crippen LogP contribution in [0.4, 0.5) is 0 Å². The van der Waals surface area contributed by atoms with Crippen molar-refractivity contribution in [3.8, 4) is 11.4 Å². The topological polar surface area (TPSA) is 34.4 Å². The van der Waals surface area contributed by atoms with Gasteiger partial charge in [0.15, 0.2) is 0 Å². The van der Waals surface area contributed by atoms with Crippen LogP contribution in [0.25, 0.3) is 5.69 Å². The summed E-state index contributed by atoms with van der Waals surface area (Å²) in [4.78, 5) is 0. The van der Waals surface area contributed by atoms with Gasteiger partial charge in [0.05, 0.1) is 13.2 Å². The number of aliphatic hydroxyl groups excluding tert-OH is 1. The molecule has 1 aromatic heterocycles. The van der Waals surface area contributed by atoms with Gasteiger partial charge in [0, 0.05) is 23.1 Å². The second kappa shape index (κ2) is 4.92. The smallest absolute Gasteiger partial charge is 0.121 e. The number of benzene rings is 1. The molecule has 0 radical (unpaired) electrons. The second-order valence-electron chi connectivity index (χ2n) is 6.80. The van der Waals surface area contributed by atoms with Crippen LogP contribution in [0.15, 0.2) is 30.5 Å². The van der Waals surface area contributed by atoms with E-state index in [1.54, 1.807) is 7.11 Å². The second-order valence-corrected chi connectivity index (χ2v) is 6.80. The molecule has 0 amide bonds. The quantitative estimate of drug-likeness (QED) is 0.910. The molecule has 0 saturated heterocycles. The Morgan fingerprint density at radius 1 is 1.29 bits per heavy atom. The summed E-state index contributed by atoms with van der Waals surface area (Å²) in [6, 6.07) is 8.25. The number of hydrogen-bond acceptors (Lipinski definition) is 2. The van der Waals surface area contributed by atoms with Crippen LogP contribution in [-0.2, 0) is 6.42 Å². The number of methoxy groups -OCH3 is 1. The van der Waals surface area contributed by atoms with E-state index in [1.165, 1.54) is 5.69 Å². The standard InChI is InChI=1S/C18H23NO2/c1-12-9-13(5-6-17(12)21-4)19-8-7-14-15(19)10-18(2,3)11-16(14)20/h5-9,16,20H,10-11H2,1-4H3. The van der Waals surface area contributed by atoms with E-state index in [2.05, 4.69) is 49.7 Å². The molecule has 1 aromatic carbocycles. The maximum atomic E-state index is 10.4. The first kappa shape index (κ1) is 14.2. The fraction of sp³-hybridized carbons (Fsp3) is 0.444. The van der Waals surface area contributed by atoms with Crippen LogP contribution in [0, 0.1) is 12.3 Å². The summed E-state index contributed by atoms with van der Waals surface area (Å²) in [6.07, 6.45) is 3.52. The summed E-state index contributed by atoms with van der Waals surface area (Å²) >= 11 is 0. The number of aliphatic hydroxyl groups is 1. The Kier molecular flexibility index (Phi) is 3.33. The molecular weight excluding hydrogens is 262 g/mol. The Hall–Kier alpha value is -1.74. The number of nitrogens with zero attached hydrogens (tertiary/aromatic N) is 1. The zero-order valence-electron chi connectivity index (χ0n) is 13.2. The van der Waals surface area contributed by atoms with Crippen molar-refractivity contribution in [3.05, 3.63) is 47.3 Å². The van der Waals surface area contributed by atoms with Gasteiger partial charge in [0.2, 0.25) is 0 Å². The van der Waals surface area contributed by atoms with Crippen LogP contribution in [-0.4, -0.2) is 16.8 Å². The number of ether oxygens (including phenoxy) is 1. The summed E-state index contributed by atoms with van der Waals surface area (Å²) in [5.74, 6) is 0.903. The predicted octanol–water partition coefficient (Wildman–Crippen LogP) is 3.80. The molecular formula is C18H23NO2. The van der Waals surface area contributed by atoms with Gasteiger partial charge >= 0.3 is 0 Å². The fourth-order valence-corrected chi connectivity index (χ4v) is 3.38. The molecule has 3 rings (SSSR count). The van der Waals surface area contributed by atoms with Crippen molar-refractivity contribution in [3.63, 3.8) is 0 Å². The van der Waals surface area contributed by atoms with E-state index in [0.29, 0.717) is 0 Å². The van der Waals surface area contributed by atoms with Gasteiger partial charge in [-0.05, 0) is 55.0 Å². The van der Waals surface area contributed by atoms with Crippen LogP contribution >= 0.6 is 0 Å². The minimum atomic E-state index is -0.357. The van der Waals surface area contributed by atoms with Crippen molar-refractivity contribution >= 4 is 0 Å². The summed E-state index contributed by atoms with van der Waals surface area (Å²) in [7, 11) is 1.69. The van der Waals surface area contributed by atoms with Crippen molar-refractivity contribution in [2.24, 2.45) is 5.41 Å². The van der Waals surface area contributed by atoms with Gasteiger partial charge in [0.1, 0.15) is 5.75 Å². The van der Waals surface area contributed by atoms with Crippen molar-refractivity contribution in [1.82, 2.24) is 4.57 Å². The first-order valence-corrected chi connectivity index (χ1v) is 7.44. The van der Waals surface area contributed by atoms with Gasteiger partial charge in [-0.3, -0.25) is 0 Å². The lowest BCUT2D eigenvalue weighted by molar-refractivity contribution is 0.0987. The normalized spacial score (nSPS) is 20.1. The molecule has 1 unspecified atom stereocenters. The van der Waals surface area contributed by atoms with Crippen LogP contribution in [0.1, 0.15) is 43.2 Å². The molecule has 1 N–H and O–H groups in total. The lowest BCUT2D eigenvalue weighted by Gasteiger charge is -2.34. The van der Waals surface area contributed by atoms with Crippen LogP contribution < -0.4 is 4.74 Å². The molecule has 0 spiro atoms. The van der Waals surface area contributed by atoms with E-state index in [9.17, 15) is 5.11 Å². The number of aromatic nitrogens is 1. The van der Waals surface area contributed by atoms with E-state index >= 15 is 0 Å². The van der Waals surface area contributed by atoms with Gasteiger partial charge < -0.3 is 14.4 Å². The molecule has 1 atom stereocenters. The zero-order chi connectivity index (χ0) is 15.2. The summed E-state index contributed by atoms with van der Waals surface area (Å²) < 4.78 is 7.53. The van der Waals surface area contributed by atoms with E-state index in [4.69, 9.17) is 4.74 Å². The highest BCUT2D eigenvalue weighted by Crippen LogP contribution is 2.42. The third-order valence-corrected chi connectivity index (χ3v) is 4.43. The molecule has 3 nitrogen and oxygen atoms in total. The van der Waals surface area contributed by atoms with Gasteiger partial charge in [-0.25, -0.2) is 0 Å². The minimum absolute atomic E-state index is 0.129. The average Bonchev–Trinajstić information content (AvgIpc) is 2.81. The fourth-order valence-electron chi connectivity index (χ4n) is 3.38. The first-order chi connectivity index (χ1) is 9.91. The Labute approximate surface area is 126 Å². The Bertz CT molecular complexity index is 670. The maximum absolute atomic E-state index is 10.4. The molecule has 112 valence electrons. The largest absolute Gasteiger partial charge is 0.496 e. The molecule has 0 aliphatic heterocycles. The van der Waals surface area contributed by atoms with Gasteiger partial charge in [-0.15, -0.1) is 0 Å². The molecule has 1 aliphatic rings. The molecule has 2 aromatic rings. The lowest BCUT2D eigenvalue weighted by Crippen LogP contribution is -2.26. The van der Waals surface area contributed by atoms with E-state index in [-0.39, 0.29) is 11.5 Å². The van der Waals surface area contributed by atoms with Gasteiger partial charge in [-0.2, -0.15) is 0 Å². The molecule has 0 saturated carbocycles. The Morgan fingerprint density at radius 3 is 2.71 bits per heavy atom. The van der Waals surface area contributed by atoms with Crippen molar-refractivity contribution in [1.29, 1.82) is 0 Å². The number of hydrogen-bond donors (Lipinski definition) is 1. The van der Waals surface area contributed by atoms with Crippen molar-refractivity contribution in [2.75, 3.05) is 7.11 Å². The van der Waals surface area contributed by atoms with E-state index < -0.39 is 0 Å².